The Morgan fingerprint density at radius 2 is 1.62 bits per heavy atom. The summed E-state index contributed by atoms with van der Waals surface area (Å²) in [5.41, 5.74) is 5.77. The summed E-state index contributed by atoms with van der Waals surface area (Å²) in [6.45, 7) is 17.6. The summed E-state index contributed by atoms with van der Waals surface area (Å²) < 4.78 is 14.9. The van der Waals surface area contributed by atoms with Crippen molar-refractivity contribution >= 4 is 53.6 Å². The molecule has 0 saturated carbocycles. The normalized spacial score (nSPS) is 16.7. The number of carbonyl (C=O) groups excluding carboxylic acids is 4. The van der Waals surface area contributed by atoms with Crippen LogP contribution in [0.2, 0.25) is 0 Å². The van der Waals surface area contributed by atoms with Gasteiger partial charge in [0.05, 0.1) is 29.2 Å². The van der Waals surface area contributed by atoms with Crippen LogP contribution in [0.4, 0.5) is 10.1 Å². The second-order valence-electron chi connectivity index (χ2n) is 16.9. The zero-order chi connectivity index (χ0) is 47.2. The molecule has 0 bridgehead atoms. The number of rotatable bonds is 13. The molecule has 3 fully saturated rings. The molecular weight excluding hydrogens is 861 g/mol. The van der Waals surface area contributed by atoms with E-state index in [2.05, 4.69) is 55.9 Å². The molecule has 3 aliphatic heterocycles. The van der Waals surface area contributed by atoms with Crippen LogP contribution in [0.1, 0.15) is 59.6 Å². The van der Waals surface area contributed by atoms with Crippen molar-refractivity contribution in [3.63, 3.8) is 0 Å². The number of aromatic amines is 1. The topological polar surface area (TPSA) is 155 Å². The molecule has 3 saturated heterocycles. The van der Waals surface area contributed by atoms with E-state index in [1.807, 2.05) is 36.2 Å². The third-order valence-corrected chi connectivity index (χ3v) is 12.8. The number of carbonyl (C=O) groups is 4. The van der Waals surface area contributed by atoms with Crippen LogP contribution in [0.5, 0.6) is 0 Å². The van der Waals surface area contributed by atoms with Crippen molar-refractivity contribution < 1.29 is 23.6 Å². The lowest BCUT2D eigenvalue weighted by atomic mass is 9.96. The molecule has 66 heavy (non-hydrogen) atoms. The summed E-state index contributed by atoms with van der Waals surface area (Å²) in [4.78, 5) is 75.4. The second-order valence-corrected chi connectivity index (χ2v) is 17.2. The van der Waals surface area contributed by atoms with Crippen LogP contribution in [0, 0.1) is 18.7 Å². The summed E-state index contributed by atoms with van der Waals surface area (Å²) in [5, 5.41) is 10.6. The van der Waals surface area contributed by atoms with Gasteiger partial charge in [-0.15, -0.1) is 11.6 Å². The van der Waals surface area contributed by atoms with E-state index in [1.165, 1.54) is 11.6 Å². The molecular formula is C50H61ClFN9O5. The van der Waals surface area contributed by atoms with Crippen molar-refractivity contribution in [2.75, 3.05) is 89.7 Å². The van der Waals surface area contributed by atoms with Crippen molar-refractivity contribution in [1.29, 1.82) is 0 Å². The monoisotopic (exact) mass is 921 g/mol. The van der Waals surface area contributed by atoms with Crippen molar-refractivity contribution in [3.05, 3.63) is 122 Å². The third-order valence-electron chi connectivity index (χ3n) is 12.6. The van der Waals surface area contributed by atoms with Crippen molar-refractivity contribution in [2.45, 2.75) is 46.5 Å². The lowest BCUT2D eigenvalue weighted by Gasteiger charge is -2.39. The molecule has 3 aliphatic rings. The number of pyridine rings is 1. The van der Waals surface area contributed by atoms with Gasteiger partial charge in [-0.25, -0.2) is 9.49 Å². The van der Waals surface area contributed by atoms with Crippen LogP contribution in [-0.2, 0) is 27.2 Å². The Morgan fingerprint density at radius 1 is 0.909 bits per heavy atom. The zero-order valence-corrected chi connectivity index (χ0v) is 39.0. The Morgan fingerprint density at radius 3 is 2.29 bits per heavy atom. The molecule has 0 aliphatic carbocycles. The number of aromatic nitrogens is 3. The zero-order valence-electron chi connectivity index (χ0n) is 38.2. The molecule has 16 heteroatoms. The smallest absolute Gasteiger partial charge is 0.271 e. The Bertz CT molecular complexity index is 2550. The van der Waals surface area contributed by atoms with Gasteiger partial charge in [0.25, 0.3) is 11.5 Å². The van der Waals surface area contributed by atoms with Crippen molar-refractivity contribution in [3.8, 4) is 11.1 Å². The number of piperidine rings is 1. The second kappa shape index (κ2) is 23.9. The van der Waals surface area contributed by atoms with E-state index in [0.717, 1.165) is 88.3 Å². The summed E-state index contributed by atoms with van der Waals surface area (Å²) in [5.74, 6) is -0.625. The number of amides is 4. The number of anilines is 1. The van der Waals surface area contributed by atoms with E-state index >= 15 is 0 Å². The van der Waals surface area contributed by atoms with Crippen LogP contribution in [-0.4, -0.2) is 148 Å². The SMILES string of the molecule is C=C/C=c1/c(Cc2ccc(F)c(C(=O)N3CCN(C(=O)CN4CCN(CC5CCN(C=O)CC5)CC4)CC3)c2)n[nH]c(=O)/c1=C/C.CCc1cccc(-c2cnc(C)c(NC(=O)CCl)c2)c1. The molecule has 2 aromatic carbocycles. The van der Waals surface area contributed by atoms with Crippen LogP contribution < -0.4 is 21.3 Å². The first-order chi connectivity index (χ1) is 31.9. The van der Waals surface area contributed by atoms with E-state index in [9.17, 15) is 28.4 Å². The Kier molecular flexibility index (Phi) is 17.9. The molecule has 2 N–H and O–H groups in total. The van der Waals surface area contributed by atoms with Gasteiger partial charge in [0.2, 0.25) is 18.2 Å². The molecule has 2 aromatic heterocycles. The summed E-state index contributed by atoms with van der Waals surface area (Å²) in [7, 11) is 0. The minimum absolute atomic E-state index is 0.0228. The van der Waals surface area contributed by atoms with Crippen LogP contribution >= 0.6 is 11.6 Å². The lowest BCUT2D eigenvalue weighted by Crippen LogP contribution is -2.55. The van der Waals surface area contributed by atoms with Gasteiger partial charge in [-0.3, -0.25) is 33.9 Å². The fourth-order valence-corrected chi connectivity index (χ4v) is 8.68. The summed E-state index contributed by atoms with van der Waals surface area (Å²) in [6.07, 6.45) is 11.1. The number of allylic oxidation sites excluding steroid dienone is 1. The standard InChI is InChI=1S/C34H44FN7O4.C16H17ClN2O/c1-3-5-28-27(4-2)33(45)37-36-31(28)21-26-6-7-30(35)29(20-26)34(46)42-18-16-41(17-19-42)32(44)23-39-14-12-38(13-15-39)22-25-8-10-40(24-43)11-9-25;1-3-12-5-4-6-13(7-12)14-8-15(11(2)18-10-14)19-16(20)9-17/h3-7,20,24-25H,1,8-19,21-23H2,2H3,(H,37,45);4-8,10H,3,9H2,1-2H3,(H,19,20)/b27-4+,28-5+;. The molecule has 0 unspecified atom stereocenters. The van der Waals surface area contributed by atoms with Gasteiger partial charge in [-0.05, 0) is 73.9 Å². The van der Waals surface area contributed by atoms with Gasteiger partial charge in [0.15, 0.2) is 0 Å². The fourth-order valence-electron chi connectivity index (χ4n) is 8.61. The number of H-pyrrole nitrogens is 1. The molecule has 4 aromatic rings. The Balaban J connectivity index is 0.000000300. The number of nitrogens with one attached hydrogen (secondary N) is 2. The third kappa shape index (κ3) is 13.1. The number of hydrogen-bond acceptors (Lipinski definition) is 9. The average Bonchev–Trinajstić information content (AvgIpc) is 3.34. The maximum Gasteiger partial charge on any atom is 0.271 e. The van der Waals surface area contributed by atoms with Gasteiger partial charge >= 0.3 is 0 Å². The minimum Gasteiger partial charge on any atom is -0.345 e. The van der Waals surface area contributed by atoms with E-state index in [1.54, 1.807) is 47.1 Å². The fraction of sp³-hybridized carbons (Fsp3) is 0.420. The quantitative estimate of drug-likeness (QED) is 0.151. The van der Waals surface area contributed by atoms with E-state index in [4.69, 9.17) is 11.6 Å². The number of benzene rings is 2. The van der Waals surface area contributed by atoms with Crippen LogP contribution in [0.15, 0.2) is 72.2 Å². The van der Waals surface area contributed by atoms with Crippen molar-refractivity contribution in [1.82, 2.24) is 39.7 Å². The first kappa shape index (κ1) is 49.4. The first-order valence-electron chi connectivity index (χ1n) is 22.7. The number of nitrogens with zero attached hydrogens (tertiary/aromatic N) is 7. The Hall–Kier alpha value is -6.03. The van der Waals surface area contributed by atoms with E-state index < -0.39 is 11.7 Å². The highest BCUT2D eigenvalue weighted by Gasteiger charge is 2.29. The molecule has 5 heterocycles. The highest BCUT2D eigenvalue weighted by Crippen LogP contribution is 2.25. The average molecular weight is 923 g/mol. The molecule has 0 spiro atoms. The predicted octanol–water partition coefficient (Wildman–Crippen LogP) is 3.83. The van der Waals surface area contributed by atoms with E-state index in [-0.39, 0.29) is 35.2 Å². The molecule has 0 radical (unpaired) electrons. The van der Waals surface area contributed by atoms with Crippen LogP contribution in [0.3, 0.4) is 0 Å². The maximum absolute atomic E-state index is 14.9. The maximum atomic E-state index is 14.9. The number of halogens is 2. The van der Waals surface area contributed by atoms with Gasteiger partial charge < -0.3 is 24.9 Å². The number of alkyl halides is 1. The number of aryl methyl sites for hydroxylation is 2. The van der Waals surface area contributed by atoms with Gasteiger partial charge in [0, 0.05) is 101 Å². The Labute approximate surface area is 390 Å². The van der Waals surface area contributed by atoms with Gasteiger partial charge in [0.1, 0.15) is 11.7 Å². The van der Waals surface area contributed by atoms with Gasteiger partial charge in [-0.1, -0.05) is 62.1 Å². The lowest BCUT2D eigenvalue weighted by molar-refractivity contribution is -0.134. The molecule has 14 nitrogen and oxygen atoms in total. The molecule has 7 rings (SSSR count). The largest absolute Gasteiger partial charge is 0.345 e. The number of hydrogen-bond donors (Lipinski definition) is 2. The van der Waals surface area contributed by atoms with E-state index in [0.29, 0.717) is 66.0 Å². The number of likely N-dealkylation sites (tertiary alicyclic amines) is 1. The van der Waals surface area contributed by atoms with Gasteiger partial charge in [-0.2, -0.15) is 5.10 Å². The number of piperazine rings is 2. The predicted molar refractivity (Wildman–Crippen MR) is 257 cm³/mol. The molecule has 0 atom stereocenters. The summed E-state index contributed by atoms with van der Waals surface area (Å²) >= 11 is 5.52. The minimum atomic E-state index is -0.604. The molecule has 4 amide bonds. The highest BCUT2D eigenvalue weighted by atomic mass is 35.5. The molecule has 350 valence electrons. The van der Waals surface area contributed by atoms with Crippen molar-refractivity contribution in [2.24, 2.45) is 5.92 Å². The van der Waals surface area contributed by atoms with Crippen LogP contribution in [0.25, 0.3) is 23.3 Å². The highest BCUT2D eigenvalue weighted by molar-refractivity contribution is 6.29. The first-order valence-corrected chi connectivity index (χ1v) is 23.2. The summed E-state index contributed by atoms with van der Waals surface area (Å²) in [6, 6.07) is 14.7.